The first-order valence-electron chi connectivity index (χ1n) is 12.2. The van der Waals surface area contributed by atoms with Gasteiger partial charge >= 0.3 is 5.97 Å². The molecule has 3 aliphatic rings. The van der Waals surface area contributed by atoms with Crippen LogP contribution in [0, 0.1) is 5.41 Å². The van der Waals surface area contributed by atoms with Gasteiger partial charge in [0.15, 0.2) is 11.3 Å². The van der Waals surface area contributed by atoms with E-state index in [1.807, 2.05) is 111 Å². The van der Waals surface area contributed by atoms with Crippen molar-refractivity contribution in [3.63, 3.8) is 0 Å². The minimum atomic E-state index is -1.38. The summed E-state index contributed by atoms with van der Waals surface area (Å²) >= 11 is 0. The monoisotopic (exact) mass is 477 g/mol. The highest BCUT2D eigenvalue weighted by atomic mass is 16.6. The standard InChI is InChI=1S/C30H27N3O3/c1-29(2,3)26(34)24-23(19-12-6-4-7-13-19)30(25-22-17-11-10-16-21(22)18-31-33(24)25)28(35)36-27(32-30)20-14-8-5-9-15-20/h4-18,23-25H,1-3H3/t23-,24-,25-,30-/m0/s1. The van der Waals surface area contributed by atoms with E-state index in [9.17, 15) is 9.59 Å². The van der Waals surface area contributed by atoms with Gasteiger partial charge in [0.1, 0.15) is 12.1 Å². The second kappa shape index (κ2) is 7.98. The summed E-state index contributed by atoms with van der Waals surface area (Å²) in [4.78, 5) is 33.3. The molecule has 6 nitrogen and oxygen atoms in total. The maximum Gasteiger partial charge on any atom is 0.344 e. The van der Waals surface area contributed by atoms with Crippen LogP contribution in [0.3, 0.4) is 0 Å². The Kier molecular flexibility index (Phi) is 4.97. The molecule has 36 heavy (non-hydrogen) atoms. The summed E-state index contributed by atoms with van der Waals surface area (Å²) in [6.07, 6.45) is 1.78. The minimum absolute atomic E-state index is 0.00548. The molecule has 1 fully saturated rings. The molecule has 3 heterocycles. The first-order valence-corrected chi connectivity index (χ1v) is 12.2. The second-order valence-corrected chi connectivity index (χ2v) is 10.6. The molecule has 3 aromatic carbocycles. The van der Waals surface area contributed by atoms with Gasteiger partial charge in [-0.2, -0.15) is 5.10 Å². The lowest BCUT2D eigenvalue weighted by atomic mass is 9.70. The van der Waals surface area contributed by atoms with E-state index in [-0.39, 0.29) is 11.7 Å². The van der Waals surface area contributed by atoms with E-state index in [1.54, 1.807) is 6.21 Å². The van der Waals surface area contributed by atoms with Crippen molar-refractivity contribution < 1.29 is 14.3 Å². The molecule has 0 aliphatic carbocycles. The topological polar surface area (TPSA) is 71.3 Å². The zero-order valence-corrected chi connectivity index (χ0v) is 20.5. The molecular formula is C30H27N3O3. The Morgan fingerprint density at radius 3 is 2.25 bits per heavy atom. The molecule has 0 saturated carbocycles. The Bertz CT molecular complexity index is 1410. The van der Waals surface area contributed by atoms with Gasteiger partial charge in [0.2, 0.25) is 5.90 Å². The lowest BCUT2D eigenvalue weighted by Gasteiger charge is -2.35. The van der Waals surface area contributed by atoms with Gasteiger partial charge in [-0.15, -0.1) is 0 Å². The summed E-state index contributed by atoms with van der Waals surface area (Å²) in [5.74, 6) is -0.767. The number of hydrogen-bond donors (Lipinski definition) is 0. The third-order valence-electron chi connectivity index (χ3n) is 7.37. The van der Waals surface area contributed by atoms with Crippen molar-refractivity contribution in [2.75, 3.05) is 0 Å². The molecule has 0 bridgehead atoms. The summed E-state index contributed by atoms with van der Waals surface area (Å²) in [6.45, 7) is 5.72. The van der Waals surface area contributed by atoms with Gasteiger partial charge in [0.05, 0.1) is 12.1 Å². The molecule has 6 rings (SSSR count). The molecular weight excluding hydrogens is 450 g/mol. The Morgan fingerprint density at radius 1 is 0.917 bits per heavy atom. The van der Waals surface area contributed by atoms with Crippen LogP contribution in [-0.2, 0) is 14.3 Å². The largest absolute Gasteiger partial charge is 0.405 e. The predicted molar refractivity (Wildman–Crippen MR) is 138 cm³/mol. The highest BCUT2D eigenvalue weighted by molar-refractivity contribution is 6.10. The van der Waals surface area contributed by atoms with E-state index in [0.29, 0.717) is 0 Å². The molecule has 3 aliphatic heterocycles. The van der Waals surface area contributed by atoms with Gasteiger partial charge in [0.25, 0.3) is 0 Å². The van der Waals surface area contributed by atoms with Gasteiger partial charge in [0, 0.05) is 11.0 Å². The average Bonchev–Trinajstić information content (AvgIpc) is 3.39. The fourth-order valence-electron chi connectivity index (χ4n) is 5.74. The number of cyclic esters (lactones) is 1. The van der Waals surface area contributed by atoms with E-state index < -0.39 is 34.9 Å². The van der Waals surface area contributed by atoms with Crippen LogP contribution in [0.15, 0.2) is 95.0 Å². The number of carbonyl (C=O) groups is 2. The van der Waals surface area contributed by atoms with Crippen molar-refractivity contribution in [3.8, 4) is 0 Å². The first-order chi connectivity index (χ1) is 17.3. The molecule has 3 aromatic rings. The maximum atomic E-state index is 14.1. The second-order valence-electron chi connectivity index (χ2n) is 10.6. The van der Waals surface area contributed by atoms with Crippen LogP contribution < -0.4 is 0 Å². The fourth-order valence-corrected chi connectivity index (χ4v) is 5.74. The maximum absolute atomic E-state index is 14.1. The number of hydrazone groups is 1. The number of fused-ring (bicyclic) bond motifs is 4. The van der Waals surface area contributed by atoms with Crippen LogP contribution in [0.4, 0.5) is 0 Å². The lowest BCUT2D eigenvalue weighted by molar-refractivity contribution is -0.140. The van der Waals surface area contributed by atoms with Crippen molar-refractivity contribution in [3.05, 3.63) is 107 Å². The molecule has 1 saturated heterocycles. The summed E-state index contributed by atoms with van der Waals surface area (Å²) < 4.78 is 5.94. The highest BCUT2D eigenvalue weighted by Gasteiger charge is 2.71. The van der Waals surface area contributed by atoms with Crippen molar-refractivity contribution in [1.29, 1.82) is 0 Å². The number of hydrogen-bond acceptors (Lipinski definition) is 6. The van der Waals surface area contributed by atoms with Crippen LogP contribution in [-0.4, -0.2) is 40.5 Å². The molecule has 6 heteroatoms. The van der Waals surface area contributed by atoms with Crippen LogP contribution in [0.1, 0.15) is 55.0 Å². The highest BCUT2D eigenvalue weighted by Crippen LogP contribution is 2.59. The molecule has 4 atom stereocenters. The van der Waals surface area contributed by atoms with Crippen LogP contribution in [0.25, 0.3) is 0 Å². The smallest absolute Gasteiger partial charge is 0.344 e. The van der Waals surface area contributed by atoms with E-state index in [1.165, 1.54) is 0 Å². The predicted octanol–water partition coefficient (Wildman–Crippen LogP) is 4.90. The Hall–Kier alpha value is -4.06. The van der Waals surface area contributed by atoms with Crippen LogP contribution in [0.5, 0.6) is 0 Å². The van der Waals surface area contributed by atoms with Gasteiger partial charge in [-0.3, -0.25) is 9.80 Å². The SMILES string of the molecule is CC(C)(C)C(=O)[C@@H]1[C@H](c2ccccc2)[C@]2(N=C(c3ccccc3)OC2=O)[C@@H]2c3ccccc3C=NN12. The molecule has 0 amide bonds. The average molecular weight is 478 g/mol. The molecule has 0 aromatic heterocycles. The molecule has 180 valence electrons. The van der Waals surface area contributed by atoms with E-state index >= 15 is 0 Å². The number of rotatable bonds is 3. The van der Waals surface area contributed by atoms with E-state index in [0.717, 1.165) is 22.3 Å². The Balaban J connectivity index is 1.66. The third kappa shape index (κ3) is 3.17. The number of ketones is 1. The summed E-state index contributed by atoms with van der Waals surface area (Å²) in [5.41, 5.74) is 1.36. The fraction of sp³-hybridized carbons (Fsp3) is 0.267. The first kappa shape index (κ1) is 22.4. The zero-order chi connectivity index (χ0) is 25.1. The number of aliphatic imine (C=N–C) groups is 1. The summed E-state index contributed by atoms with van der Waals surface area (Å²) in [5, 5.41) is 6.60. The van der Waals surface area contributed by atoms with Crippen molar-refractivity contribution >= 4 is 23.9 Å². The number of benzene rings is 3. The van der Waals surface area contributed by atoms with Crippen LogP contribution in [0.2, 0.25) is 0 Å². The van der Waals surface area contributed by atoms with Crippen molar-refractivity contribution in [2.45, 2.75) is 44.3 Å². The number of ether oxygens (including phenoxy) is 1. The minimum Gasteiger partial charge on any atom is -0.405 e. The molecule has 0 N–H and O–H groups in total. The van der Waals surface area contributed by atoms with Gasteiger partial charge in [-0.1, -0.05) is 93.6 Å². The quantitative estimate of drug-likeness (QED) is 0.503. The van der Waals surface area contributed by atoms with Crippen LogP contribution >= 0.6 is 0 Å². The van der Waals surface area contributed by atoms with Crippen molar-refractivity contribution in [2.24, 2.45) is 15.5 Å². The lowest BCUT2D eigenvalue weighted by Crippen LogP contribution is -2.45. The number of carbonyl (C=O) groups excluding carboxylic acids is 2. The number of Topliss-reactive ketones (excluding diaryl/α,β-unsaturated/α-hetero) is 1. The third-order valence-corrected chi connectivity index (χ3v) is 7.37. The van der Waals surface area contributed by atoms with Gasteiger partial charge in [-0.05, 0) is 28.8 Å². The summed E-state index contributed by atoms with van der Waals surface area (Å²) in [6, 6.07) is 25.7. The summed E-state index contributed by atoms with van der Waals surface area (Å²) in [7, 11) is 0. The van der Waals surface area contributed by atoms with Gasteiger partial charge in [-0.25, -0.2) is 9.79 Å². The Labute approximate surface area is 210 Å². The van der Waals surface area contributed by atoms with Crippen molar-refractivity contribution in [1.82, 2.24) is 5.01 Å². The zero-order valence-electron chi connectivity index (χ0n) is 20.5. The van der Waals surface area contributed by atoms with E-state index in [4.69, 9.17) is 14.8 Å². The normalized spacial score (nSPS) is 26.4. The number of nitrogens with zero attached hydrogens (tertiary/aromatic N) is 3. The Morgan fingerprint density at radius 2 is 1.56 bits per heavy atom. The molecule has 0 unspecified atom stereocenters. The molecule has 0 radical (unpaired) electrons. The van der Waals surface area contributed by atoms with Gasteiger partial charge < -0.3 is 4.74 Å². The van der Waals surface area contributed by atoms with E-state index in [2.05, 4.69) is 0 Å². The molecule has 1 spiro atoms. The number of esters is 1.